The van der Waals surface area contributed by atoms with Crippen LogP contribution in [0.5, 0.6) is 0 Å². The third kappa shape index (κ3) is 4.09. The molecule has 2 aromatic rings. The van der Waals surface area contributed by atoms with Crippen LogP contribution < -0.4 is 5.32 Å². The smallest absolute Gasteiger partial charge is 0.124 e. The number of hydrogen-bond donors (Lipinski definition) is 1. The second-order valence-corrected chi connectivity index (χ2v) is 6.35. The molecule has 0 saturated carbocycles. The van der Waals surface area contributed by atoms with Crippen molar-refractivity contribution in [3.8, 4) is 0 Å². The summed E-state index contributed by atoms with van der Waals surface area (Å²) in [5, 5.41) is 6.51. The van der Waals surface area contributed by atoms with E-state index in [4.69, 9.17) is 0 Å². The summed E-state index contributed by atoms with van der Waals surface area (Å²) in [5.41, 5.74) is 1.99. The number of benzene rings is 1. The summed E-state index contributed by atoms with van der Waals surface area (Å²) in [6, 6.07) is 5.09. The molecule has 0 aliphatic carbocycles. The van der Waals surface area contributed by atoms with Crippen LogP contribution >= 0.6 is 27.3 Å². The molecule has 1 aromatic heterocycles. The first-order valence-electron chi connectivity index (χ1n) is 6.19. The average Bonchev–Trinajstić information content (AvgIpc) is 2.73. The van der Waals surface area contributed by atoms with Gasteiger partial charge in [-0.3, -0.25) is 0 Å². The van der Waals surface area contributed by atoms with Crippen LogP contribution in [0.4, 0.5) is 4.39 Å². The minimum atomic E-state index is -0.221. The maximum Gasteiger partial charge on any atom is 0.124 e. The maximum atomic E-state index is 13.5. The van der Waals surface area contributed by atoms with Crippen LogP contribution in [0.2, 0.25) is 0 Å². The number of thiazole rings is 1. The lowest BCUT2D eigenvalue weighted by Crippen LogP contribution is -2.23. The van der Waals surface area contributed by atoms with Gasteiger partial charge in [0, 0.05) is 22.3 Å². The highest BCUT2D eigenvalue weighted by atomic mass is 79.9. The molecule has 0 aliphatic heterocycles. The van der Waals surface area contributed by atoms with E-state index < -0.39 is 0 Å². The van der Waals surface area contributed by atoms with Gasteiger partial charge in [0.15, 0.2) is 0 Å². The second kappa shape index (κ2) is 6.59. The van der Waals surface area contributed by atoms with Crippen molar-refractivity contribution in [2.24, 2.45) is 0 Å². The summed E-state index contributed by atoms with van der Waals surface area (Å²) >= 11 is 4.98. The van der Waals surface area contributed by atoms with Gasteiger partial charge < -0.3 is 5.32 Å². The fraction of sp³-hybridized carbons (Fsp3) is 0.357. The average molecular weight is 343 g/mol. The first-order valence-corrected chi connectivity index (χ1v) is 7.86. The van der Waals surface area contributed by atoms with E-state index in [0.717, 1.165) is 33.7 Å². The molecule has 1 atom stereocenters. The molecule has 102 valence electrons. The van der Waals surface area contributed by atoms with Crippen LogP contribution in [0.15, 0.2) is 28.1 Å². The van der Waals surface area contributed by atoms with Crippen molar-refractivity contribution in [2.75, 3.05) is 6.54 Å². The number of hydrogen-bond acceptors (Lipinski definition) is 3. The third-order valence-electron chi connectivity index (χ3n) is 2.82. The molecule has 0 spiro atoms. The van der Waals surface area contributed by atoms with Gasteiger partial charge in [-0.25, -0.2) is 9.37 Å². The number of aromatic nitrogens is 1. The molecule has 0 fully saturated rings. The van der Waals surface area contributed by atoms with Crippen LogP contribution in [-0.4, -0.2) is 11.5 Å². The number of aryl methyl sites for hydroxylation is 1. The molecular formula is C14H16BrFN2S. The molecule has 1 N–H and O–H groups in total. The van der Waals surface area contributed by atoms with E-state index in [1.165, 1.54) is 6.07 Å². The Morgan fingerprint density at radius 1 is 1.42 bits per heavy atom. The predicted octanol–water partition coefficient (Wildman–Crippen LogP) is 4.25. The van der Waals surface area contributed by atoms with Crippen molar-refractivity contribution >= 4 is 27.3 Å². The van der Waals surface area contributed by atoms with Crippen molar-refractivity contribution in [1.29, 1.82) is 0 Å². The van der Waals surface area contributed by atoms with Gasteiger partial charge >= 0.3 is 0 Å². The Hall–Kier alpha value is -0.780. The van der Waals surface area contributed by atoms with Crippen LogP contribution in [0.25, 0.3) is 0 Å². The third-order valence-corrected chi connectivity index (χ3v) is 4.10. The van der Waals surface area contributed by atoms with Crippen molar-refractivity contribution in [1.82, 2.24) is 10.3 Å². The summed E-state index contributed by atoms with van der Waals surface area (Å²) in [6.45, 7) is 4.88. The van der Waals surface area contributed by atoms with Gasteiger partial charge in [-0.15, -0.1) is 11.3 Å². The van der Waals surface area contributed by atoms with E-state index in [1.54, 1.807) is 17.4 Å². The summed E-state index contributed by atoms with van der Waals surface area (Å²) in [5.74, 6) is -0.221. The first-order chi connectivity index (χ1) is 9.08. The van der Waals surface area contributed by atoms with E-state index in [-0.39, 0.29) is 11.9 Å². The van der Waals surface area contributed by atoms with Gasteiger partial charge in [-0.05, 0) is 37.2 Å². The molecular weight excluding hydrogens is 327 g/mol. The Labute approximate surface area is 125 Å². The number of nitrogens with one attached hydrogen (secondary N) is 1. The van der Waals surface area contributed by atoms with Crippen molar-refractivity contribution in [2.45, 2.75) is 26.3 Å². The summed E-state index contributed by atoms with van der Waals surface area (Å²) < 4.78 is 14.3. The molecule has 2 nitrogen and oxygen atoms in total. The Balaban J connectivity index is 2.23. The maximum absolute atomic E-state index is 13.5. The molecule has 19 heavy (non-hydrogen) atoms. The predicted molar refractivity (Wildman–Crippen MR) is 81.1 cm³/mol. The van der Waals surface area contributed by atoms with E-state index >= 15 is 0 Å². The summed E-state index contributed by atoms with van der Waals surface area (Å²) in [7, 11) is 0. The topological polar surface area (TPSA) is 24.9 Å². The monoisotopic (exact) mass is 342 g/mol. The van der Waals surface area contributed by atoms with E-state index in [0.29, 0.717) is 0 Å². The zero-order valence-corrected chi connectivity index (χ0v) is 13.3. The normalized spacial score (nSPS) is 12.6. The number of nitrogens with zero attached hydrogens (tertiary/aromatic N) is 1. The van der Waals surface area contributed by atoms with Gasteiger partial charge in [0.25, 0.3) is 0 Å². The molecule has 0 bridgehead atoms. The van der Waals surface area contributed by atoms with Gasteiger partial charge in [0.05, 0.1) is 10.7 Å². The molecule has 2 rings (SSSR count). The van der Waals surface area contributed by atoms with Gasteiger partial charge in [-0.2, -0.15) is 0 Å². The lowest BCUT2D eigenvalue weighted by atomic mass is 10.0. The van der Waals surface area contributed by atoms with Gasteiger partial charge in [0.2, 0.25) is 0 Å². The van der Waals surface area contributed by atoms with Gasteiger partial charge in [-0.1, -0.05) is 22.9 Å². The number of halogens is 2. The first kappa shape index (κ1) is 14.6. The molecule has 0 amide bonds. The second-order valence-electron chi connectivity index (χ2n) is 4.38. The Morgan fingerprint density at radius 2 is 2.21 bits per heavy atom. The number of rotatable bonds is 5. The van der Waals surface area contributed by atoms with Gasteiger partial charge in [0.1, 0.15) is 5.82 Å². The minimum absolute atomic E-state index is 0.0819. The standard InChI is InChI=1S/C14H16BrFN2S/c1-3-17-14(7-13-8-19-9(2)18-13)10-4-11(15)6-12(16)5-10/h4-6,8,14,17H,3,7H2,1-2H3. The minimum Gasteiger partial charge on any atom is -0.310 e. The highest BCUT2D eigenvalue weighted by Gasteiger charge is 2.14. The van der Waals surface area contributed by atoms with E-state index in [2.05, 4.69) is 31.6 Å². The highest BCUT2D eigenvalue weighted by molar-refractivity contribution is 9.10. The van der Waals surface area contributed by atoms with Crippen LogP contribution in [0.1, 0.15) is 29.2 Å². The zero-order chi connectivity index (χ0) is 13.8. The number of likely N-dealkylation sites (N-methyl/N-ethyl adjacent to an activating group) is 1. The highest BCUT2D eigenvalue weighted by Crippen LogP contribution is 2.24. The molecule has 1 aromatic carbocycles. The van der Waals surface area contributed by atoms with Crippen LogP contribution in [0, 0.1) is 12.7 Å². The summed E-state index contributed by atoms with van der Waals surface area (Å²) in [4.78, 5) is 4.48. The van der Waals surface area contributed by atoms with Crippen molar-refractivity contribution in [3.05, 3.63) is 50.1 Å². The quantitative estimate of drug-likeness (QED) is 0.878. The Morgan fingerprint density at radius 3 is 2.79 bits per heavy atom. The summed E-state index contributed by atoms with van der Waals surface area (Å²) in [6.07, 6.45) is 0.772. The fourth-order valence-electron chi connectivity index (χ4n) is 2.04. The molecule has 5 heteroatoms. The van der Waals surface area contributed by atoms with E-state index in [1.807, 2.05) is 19.9 Å². The van der Waals surface area contributed by atoms with Crippen molar-refractivity contribution < 1.29 is 4.39 Å². The van der Waals surface area contributed by atoms with Crippen LogP contribution in [0.3, 0.4) is 0 Å². The molecule has 0 aliphatic rings. The van der Waals surface area contributed by atoms with Crippen molar-refractivity contribution in [3.63, 3.8) is 0 Å². The van der Waals surface area contributed by atoms with E-state index in [9.17, 15) is 4.39 Å². The molecule has 1 heterocycles. The fourth-order valence-corrected chi connectivity index (χ4v) is 3.15. The Bertz CT molecular complexity index is 536. The zero-order valence-electron chi connectivity index (χ0n) is 10.9. The lowest BCUT2D eigenvalue weighted by molar-refractivity contribution is 0.538. The molecule has 0 radical (unpaired) electrons. The largest absolute Gasteiger partial charge is 0.310 e. The molecule has 0 saturated heterocycles. The molecule has 1 unspecified atom stereocenters. The Kier molecular flexibility index (Phi) is 5.07. The SMILES string of the molecule is CCNC(Cc1csc(C)n1)c1cc(F)cc(Br)c1. The van der Waals surface area contributed by atoms with Crippen LogP contribution in [-0.2, 0) is 6.42 Å². The lowest BCUT2D eigenvalue weighted by Gasteiger charge is -2.18.